The molecule has 1 aromatic carbocycles. The zero-order valence-electron chi connectivity index (χ0n) is 11.4. The summed E-state index contributed by atoms with van der Waals surface area (Å²) >= 11 is 7.09. The number of thioether (sulfide) groups is 1. The van der Waals surface area contributed by atoms with Gasteiger partial charge in [0.15, 0.2) is 11.0 Å². The third kappa shape index (κ3) is 3.36. The monoisotopic (exact) mass is 329 g/mol. The average Bonchev–Trinajstić information content (AvgIpc) is 2.80. The Balaban J connectivity index is 2.52. The SMILES string of the molecule is CC(C)n1c(SCC(=O)O)nnc1-c1c(F)cccc1Cl. The van der Waals surface area contributed by atoms with E-state index in [1.54, 1.807) is 10.6 Å². The molecule has 0 aliphatic carbocycles. The maximum atomic E-state index is 14.0. The van der Waals surface area contributed by atoms with Crippen molar-refractivity contribution < 1.29 is 14.3 Å². The van der Waals surface area contributed by atoms with E-state index >= 15 is 0 Å². The van der Waals surface area contributed by atoms with Gasteiger partial charge in [-0.1, -0.05) is 29.4 Å². The molecule has 0 saturated heterocycles. The number of halogens is 2. The third-order valence-electron chi connectivity index (χ3n) is 2.69. The summed E-state index contributed by atoms with van der Waals surface area (Å²) in [5, 5.41) is 17.3. The topological polar surface area (TPSA) is 68.0 Å². The summed E-state index contributed by atoms with van der Waals surface area (Å²) in [6.45, 7) is 3.76. The summed E-state index contributed by atoms with van der Waals surface area (Å²) < 4.78 is 15.7. The lowest BCUT2D eigenvalue weighted by atomic mass is 10.2. The van der Waals surface area contributed by atoms with E-state index in [1.165, 1.54) is 12.1 Å². The molecule has 0 spiro atoms. The highest BCUT2D eigenvalue weighted by atomic mass is 35.5. The Hall–Kier alpha value is -1.60. The normalized spacial score (nSPS) is 11.1. The van der Waals surface area contributed by atoms with Crippen LogP contribution in [-0.4, -0.2) is 31.6 Å². The number of rotatable bonds is 5. The quantitative estimate of drug-likeness (QED) is 0.850. The number of hydrogen-bond donors (Lipinski definition) is 1. The summed E-state index contributed by atoms with van der Waals surface area (Å²) in [7, 11) is 0. The Labute approximate surface area is 130 Å². The van der Waals surface area contributed by atoms with Gasteiger partial charge in [-0.05, 0) is 26.0 Å². The first-order valence-corrected chi connectivity index (χ1v) is 7.52. The number of aromatic nitrogens is 3. The molecule has 2 aromatic rings. The molecule has 0 saturated carbocycles. The van der Waals surface area contributed by atoms with Crippen molar-refractivity contribution in [3.63, 3.8) is 0 Å². The van der Waals surface area contributed by atoms with Crippen LogP contribution in [0.15, 0.2) is 23.4 Å². The summed E-state index contributed by atoms with van der Waals surface area (Å²) in [4.78, 5) is 10.7. The van der Waals surface area contributed by atoms with E-state index in [0.717, 1.165) is 11.8 Å². The predicted octanol–water partition coefficient (Wildman–Crippen LogP) is 3.50. The minimum Gasteiger partial charge on any atom is -0.481 e. The van der Waals surface area contributed by atoms with E-state index in [-0.39, 0.29) is 22.4 Å². The van der Waals surface area contributed by atoms with Crippen molar-refractivity contribution in [1.29, 1.82) is 0 Å². The number of nitrogens with zero attached hydrogens (tertiary/aromatic N) is 3. The van der Waals surface area contributed by atoms with E-state index in [4.69, 9.17) is 16.7 Å². The molecule has 0 atom stereocenters. The Morgan fingerprint density at radius 2 is 2.19 bits per heavy atom. The van der Waals surface area contributed by atoms with Gasteiger partial charge in [-0.2, -0.15) is 0 Å². The third-order valence-corrected chi connectivity index (χ3v) is 3.93. The van der Waals surface area contributed by atoms with Crippen LogP contribution >= 0.6 is 23.4 Å². The van der Waals surface area contributed by atoms with E-state index in [0.29, 0.717) is 11.0 Å². The maximum Gasteiger partial charge on any atom is 0.313 e. The Kier molecular flexibility index (Phi) is 4.84. The second-order valence-electron chi connectivity index (χ2n) is 4.55. The lowest BCUT2D eigenvalue weighted by Gasteiger charge is -2.14. The van der Waals surface area contributed by atoms with Crippen molar-refractivity contribution in [3.05, 3.63) is 29.0 Å². The minimum atomic E-state index is -0.955. The highest BCUT2D eigenvalue weighted by Gasteiger charge is 2.21. The largest absolute Gasteiger partial charge is 0.481 e. The highest BCUT2D eigenvalue weighted by Crippen LogP contribution is 2.33. The van der Waals surface area contributed by atoms with E-state index in [1.807, 2.05) is 13.8 Å². The summed E-state index contributed by atoms with van der Waals surface area (Å²) in [6, 6.07) is 4.31. The first kappa shape index (κ1) is 15.8. The predicted molar refractivity (Wildman–Crippen MR) is 79.2 cm³/mol. The van der Waals surface area contributed by atoms with E-state index in [9.17, 15) is 9.18 Å². The standard InChI is InChI=1S/C13H13ClFN3O2S/c1-7(2)18-12(11-8(14)4-3-5-9(11)15)16-17-13(18)21-6-10(19)20/h3-5,7H,6H2,1-2H3,(H,19,20). The van der Waals surface area contributed by atoms with Gasteiger partial charge >= 0.3 is 5.97 Å². The minimum absolute atomic E-state index is 0.0676. The van der Waals surface area contributed by atoms with E-state index < -0.39 is 11.8 Å². The van der Waals surface area contributed by atoms with Crippen LogP contribution in [0.25, 0.3) is 11.4 Å². The number of carboxylic acid groups (broad SMARTS) is 1. The van der Waals surface area contributed by atoms with Crippen molar-refractivity contribution in [2.24, 2.45) is 0 Å². The van der Waals surface area contributed by atoms with Gasteiger partial charge in [-0.25, -0.2) is 4.39 Å². The first-order valence-electron chi connectivity index (χ1n) is 6.15. The van der Waals surface area contributed by atoms with Gasteiger partial charge in [-0.15, -0.1) is 10.2 Å². The maximum absolute atomic E-state index is 14.0. The molecule has 2 rings (SSSR count). The second-order valence-corrected chi connectivity index (χ2v) is 5.90. The van der Waals surface area contributed by atoms with Gasteiger partial charge in [0.2, 0.25) is 0 Å². The number of carbonyl (C=O) groups is 1. The zero-order valence-corrected chi connectivity index (χ0v) is 13.0. The molecule has 8 heteroatoms. The molecule has 0 fully saturated rings. The average molecular weight is 330 g/mol. The van der Waals surface area contributed by atoms with Gasteiger partial charge in [-0.3, -0.25) is 9.36 Å². The summed E-state index contributed by atoms with van der Waals surface area (Å²) in [6.07, 6.45) is 0. The zero-order chi connectivity index (χ0) is 15.6. The van der Waals surface area contributed by atoms with Crippen LogP contribution in [-0.2, 0) is 4.79 Å². The Morgan fingerprint density at radius 1 is 1.48 bits per heavy atom. The van der Waals surface area contributed by atoms with Gasteiger partial charge in [0.25, 0.3) is 0 Å². The molecule has 0 aliphatic rings. The molecule has 5 nitrogen and oxygen atoms in total. The molecule has 0 radical (unpaired) electrons. The summed E-state index contributed by atoms with van der Waals surface area (Å²) in [5.74, 6) is -1.30. The molecule has 0 unspecified atom stereocenters. The first-order chi connectivity index (χ1) is 9.91. The molecule has 0 aliphatic heterocycles. The van der Waals surface area contributed by atoms with Crippen molar-refractivity contribution in [2.75, 3.05) is 5.75 Å². The van der Waals surface area contributed by atoms with Gasteiger partial charge in [0, 0.05) is 6.04 Å². The van der Waals surface area contributed by atoms with Gasteiger partial charge < -0.3 is 5.11 Å². The molecule has 0 bridgehead atoms. The Morgan fingerprint density at radius 3 is 2.76 bits per heavy atom. The van der Waals surface area contributed by atoms with Crippen LogP contribution in [0.4, 0.5) is 4.39 Å². The lowest BCUT2D eigenvalue weighted by Crippen LogP contribution is -2.07. The molecule has 112 valence electrons. The van der Waals surface area contributed by atoms with Crippen molar-refractivity contribution in [3.8, 4) is 11.4 Å². The molecular weight excluding hydrogens is 317 g/mol. The van der Waals surface area contributed by atoms with Gasteiger partial charge in [0.05, 0.1) is 16.3 Å². The van der Waals surface area contributed by atoms with Crippen LogP contribution in [0.1, 0.15) is 19.9 Å². The van der Waals surface area contributed by atoms with Crippen LogP contribution in [0.3, 0.4) is 0 Å². The number of benzene rings is 1. The fraction of sp³-hybridized carbons (Fsp3) is 0.308. The molecular formula is C13H13ClFN3O2S. The number of carboxylic acids is 1. The lowest BCUT2D eigenvalue weighted by molar-refractivity contribution is -0.133. The van der Waals surface area contributed by atoms with Crippen molar-refractivity contribution in [1.82, 2.24) is 14.8 Å². The number of hydrogen-bond acceptors (Lipinski definition) is 4. The Bertz CT molecular complexity index is 655. The van der Waals surface area contributed by atoms with Crippen molar-refractivity contribution in [2.45, 2.75) is 25.0 Å². The molecule has 1 aromatic heterocycles. The second kappa shape index (κ2) is 6.44. The fourth-order valence-corrected chi connectivity index (χ4v) is 2.88. The van der Waals surface area contributed by atoms with Crippen LogP contribution < -0.4 is 0 Å². The summed E-state index contributed by atoms with van der Waals surface area (Å²) in [5.41, 5.74) is 0.169. The van der Waals surface area contributed by atoms with E-state index in [2.05, 4.69) is 10.2 Å². The fourth-order valence-electron chi connectivity index (χ4n) is 1.85. The molecule has 21 heavy (non-hydrogen) atoms. The van der Waals surface area contributed by atoms with Gasteiger partial charge in [0.1, 0.15) is 5.82 Å². The molecule has 1 heterocycles. The molecule has 0 amide bonds. The number of aliphatic carboxylic acids is 1. The van der Waals surface area contributed by atoms with Crippen LogP contribution in [0.2, 0.25) is 5.02 Å². The highest BCUT2D eigenvalue weighted by molar-refractivity contribution is 7.99. The van der Waals surface area contributed by atoms with Crippen molar-refractivity contribution >= 4 is 29.3 Å². The smallest absolute Gasteiger partial charge is 0.313 e. The molecule has 1 N–H and O–H groups in total. The van der Waals surface area contributed by atoms with Crippen LogP contribution in [0.5, 0.6) is 0 Å². The van der Waals surface area contributed by atoms with Crippen LogP contribution in [0, 0.1) is 5.82 Å².